The number of hydrogen-bond donors (Lipinski definition) is 4. The maximum atomic E-state index is 13.6. The van der Waals surface area contributed by atoms with Crippen LogP contribution in [-0.4, -0.2) is 61.9 Å². The molecule has 0 spiro atoms. The van der Waals surface area contributed by atoms with Gasteiger partial charge in [-0.05, 0) is 69.0 Å². The number of sulfonamides is 1. The molecule has 0 radical (unpaired) electrons. The summed E-state index contributed by atoms with van der Waals surface area (Å²) in [6, 6.07) is 23.7. The van der Waals surface area contributed by atoms with Gasteiger partial charge in [0.15, 0.2) is 0 Å². The SMILES string of the molecule is CCS(=O)(=O)N(c1ccccc1)c1cccc(C(=O)N[C@@H](Cc2ccccc2)[C@H](O)CN[C@@H](C)C(=O)NC2CCCCC2)c1. The molecule has 3 aromatic carbocycles. The molecule has 0 aliphatic heterocycles. The third kappa shape index (κ3) is 9.14. The Morgan fingerprint density at radius 3 is 2.20 bits per heavy atom. The normalized spacial score (nSPS) is 16.0. The number of nitrogens with one attached hydrogen (secondary N) is 3. The molecule has 0 bridgehead atoms. The third-order valence-electron chi connectivity index (χ3n) is 8.03. The molecule has 4 N–H and O–H groups in total. The molecule has 4 rings (SSSR count). The summed E-state index contributed by atoms with van der Waals surface area (Å²) in [7, 11) is -3.70. The minimum absolute atomic E-state index is 0.0909. The van der Waals surface area contributed by atoms with Gasteiger partial charge in [0.1, 0.15) is 0 Å². The molecular formula is C34H44N4O5S. The van der Waals surface area contributed by atoms with Crippen molar-refractivity contribution < 1.29 is 23.1 Å². The van der Waals surface area contributed by atoms with E-state index in [1.165, 1.54) is 16.8 Å². The van der Waals surface area contributed by atoms with E-state index in [-0.39, 0.29) is 29.8 Å². The van der Waals surface area contributed by atoms with Crippen molar-refractivity contribution in [3.63, 3.8) is 0 Å². The molecule has 3 aromatic rings. The molecule has 0 aromatic heterocycles. The molecule has 1 aliphatic rings. The lowest BCUT2D eigenvalue weighted by atomic mass is 9.95. The van der Waals surface area contributed by atoms with Gasteiger partial charge >= 0.3 is 0 Å². The molecule has 3 atom stereocenters. The lowest BCUT2D eigenvalue weighted by molar-refractivity contribution is -0.123. The number of anilines is 2. The van der Waals surface area contributed by atoms with E-state index in [0.717, 1.165) is 31.2 Å². The zero-order valence-corrected chi connectivity index (χ0v) is 26.3. The van der Waals surface area contributed by atoms with Gasteiger partial charge in [-0.3, -0.25) is 9.59 Å². The van der Waals surface area contributed by atoms with Crippen LogP contribution in [0.3, 0.4) is 0 Å². The zero-order chi connectivity index (χ0) is 31.5. The van der Waals surface area contributed by atoms with E-state index in [2.05, 4.69) is 16.0 Å². The lowest BCUT2D eigenvalue weighted by Crippen LogP contribution is -2.53. The Kier molecular flexibility index (Phi) is 11.9. The number of benzene rings is 3. The highest BCUT2D eigenvalue weighted by Gasteiger charge is 2.27. The minimum atomic E-state index is -3.70. The van der Waals surface area contributed by atoms with Crippen molar-refractivity contribution in [3.8, 4) is 0 Å². The Morgan fingerprint density at radius 1 is 0.909 bits per heavy atom. The summed E-state index contributed by atoms with van der Waals surface area (Å²) in [6.07, 6.45) is 4.77. The monoisotopic (exact) mass is 620 g/mol. The Bertz CT molecular complexity index is 1460. The molecule has 1 fully saturated rings. The van der Waals surface area contributed by atoms with Crippen molar-refractivity contribution in [1.29, 1.82) is 0 Å². The number of aliphatic hydroxyl groups is 1. The van der Waals surface area contributed by atoms with Crippen molar-refractivity contribution in [2.45, 2.75) is 76.6 Å². The first kappa shape index (κ1) is 33.2. The van der Waals surface area contributed by atoms with E-state index in [1.807, 2.05) is 30.3 Å². The summed E-state index contributed by atoms with van der Waals surface area (Å²) >= 11 is 0. The van der Waals surface area contributed by atoms with Crippen molar-refractivity contribution >= 4 is 33.2 Å². The summed E-state index contributed by atoms with van der Waals surface area (Å²) in [5, 5.41) is 20.4. The third-order valence-corrected chi connectivity index (χ3v) is 9.74. The van der Waals surface area contributed by atoms with Crippen LogP contribution in [0.4, 0.5) is 11.4 Å². The predicted octanol–water partition coefficient (Wildman–Crippen LogP) is 4.30. The van der Waals surface area contributed by atoms with E-state index < -0.39 is 34.1 Å². The number of nitrogens with zero attached hydrogens (tertiary/aromatic N) is 1. The predicted molar refractivity (Wildman–Crippen MR) is 174 cm³/mol. The first-order valence-corrected chi connectivity index (χ1v) is 17.0. The molecule has 0 saturated heterocycles. The molecule has 0 heterocycles. The van der Waals surface area contributed by atoms with Crippen molar-refractivity contribution in [2.75, 3.05) is 16.6 Å². The quantitative estimate of drug-likeness (QED) is 0.213. The average molecular weight is 621 g/mol. The fourth-order valence-electron chi connectivity index (χ4n) is 5.44. The van der Waals surface area contributed by atoms with Crippen LogP contribution < -0.4 is 20.3 Å². The standard InChI is InChI=1S/C34H44N4O5S/c1-3-44(42,43)38(29-19-11-6-12-20-29)30-21-13-16-27(23-30)34(41)37-31(22-26-14-7-4-8-15-26)32(39)24-35-25(2)33(40)36-28-17-9-5-10-18-28/h4,6-8,11-16,19-21,23,25,28,31-32,35,39H,3,5,9-10,17-18,22,24H2,1-2H3,(H,36,40)(H,37,41)/t25-,31-,32+/m0/s1. The summed E-state index contributed by atoms with van der Waals surface area (Å²) in [5.74, 6) is -0.667. The smallest absolute Gasteiger partial charge is 0.251 e. The van der Waals surface area contributed by atoms with Crippen molar-refractivity contribution in [2.24, 2.45) is 0 Å². The summed E-state index contributed by atoms with van der Waals surface area (Å²) in [4.78, 5) is 26.3. The van der Waals surface area contributed by atoms with Crippen LogP contribution in [0.1, 0.15) is 61.9 Å². The zero-order valence-electron chi connectivity index (χ0n) is 25.5. The van der Waals surface area contributed by atoms with Crippen LogP contribution in [0.5, 0.6) is 0 Å². The highest BCUT2D eigenvalue weighted by Crippen LogP contribution is 2.29. The van der Waals surface area contributed by atoms with Crippen LogP contribution in [0, 0.1) is 0 Å². The number of aliphatic hydroxyl groups excluding tert-OH is 1. The first-order chi connectivity index (χ1) is 21.2. The highest BCUT2D eigenvalue weighted by atomic mass is 32.2. The van der Waals surface area contributed by atoms with Gasteiger partial charge in [0.2, 0.25) is 15.9 Å². The number of rotatable bonds is 14. The van der Waals surface area contributed by atoms with Crippen LogP contribution in [0.25, 0.3) is 0 Å². The Hall–Kier alpha value is -3.73. The summed E-state index contributed by atoms with van der Waals surface area (Å²) in [5.41, 5.74) is 1.99. The summed E-state index contributed by atoms with van der Waals surface area (Å²) < 4.78 is 27.4. The summed E-state index contributed by atoms with van der Waals surface area (Å²) in [6.45, 7) is 3.43. The van der Waals surface area contributed by atoms with Gasteiger partial charge < -0.3 is 21.1 Å². The molecule has 9 nitrogen and oxygen atoms in total. The van der Waals surface area contributed by atoms with E-state index in [4.69, 9.17) is 0 Å². The second-order valence-electron chi connectivity index (χ2n) is 11.4. The number of hydrogen-bond acceptors (Lipinski definition) is 6. The van der Waals surface area contributed by atoms with Crippen LogP contribution >= 0.6 is 0 Å². The van der Waals surface area contributed by atoms with Gasteiger partial charge in [-0.15, -0.1) is 0 Å². The van der Waals surface area contributed by atoms with Crippen molar-refractivity contribution in [3.05, 3.63) is 96.1 Å². The topological polar surface area (TPSA) is 128 Å². The van der Waals surface area contributed by atoms with Crippen LogP contribution in [0.2, 0.25) is 0 Å². The largest absolute Gasteiger partial charge is 0.390 e. The van der Waals surface area contributed by atoms with Gasteiger partial charge in [-0.2, -0.15) is 0 Å². The minimum Gasteiger partial charge on any atom is -0.390 e. The molecular weight excluding hydrogens is 576 g/mol. The van der Waals surface area contributed by atoms with Gasteiger partial charge in [0.05, 0.1) is 35.3 Å². The fraction of sp³-hybridized carbons (Fsp3) is 0.412. The van der Waals surface area contributed by atoms with Gasteiger partial charge in [-0.25, -0.2) is 12.7 Å². The van der Waals surface area contributed by atoms with Gasteiger partial charge in [-0.1, -0.05) is 73.9 Å². The van der Waals surface area contributed by atoms with E-state index in [0.29, 0.717) is 17.8 Å². The second kappa shape index (κ2) is 15.8. The maximum Gasteiger partial charge on any atom is 0.251 e. The molecule has 10 heteroatoms. The Labute approximate surface area is 261 Å². The first-order valence-electron chi connectivity index (χ1n) is 15.4. The molecule has 2 amide bonds. The molecule has 1 aliphatic carbocycles. The molecule has 0 unspecified atom stereocenters. The Morgan fingerprint density at radius 2 is 1.55 bits per heavy atom. The maximum absolute atomic E-state index is 13.6. The fourth-order valence-corrected chi connectivity index (χ4v) is 6.58. The second-order valence-corrected chi connectivity index (χ2v) is 13.5. The van der Waals surface area contributed by atoms with Crippen LogP contribution in [-0.2, 0) is 21.2 Å². The number of carbonyl (C=O) groups excluding carboxylic acids is 2. The highest BCUT2D eigenvalue weighted by molar-refractivity contribution is 7.93. The van der Waals surface area contributed by atoms with Crippen molar-refractivity contribution in [1.82, 2.24) is 16.0 Å². The number of amides is 2. The van der Waals surface area contributed by atoms with E-state index in [1.54, 1.807) is 62.4 Å². The molecule has 44 heavy (non-hydrogen) atoms. The Balaban J connectivity index is 1.49. The number of para-hydroxylation sites is 1. The van der Waals surface area contributed by atoms with Gasteiger partial charge in [0.25, 0.3) is 5.91 Å². The van der Waals surface area contributed by atoms with Crippen LogP contribution in [0.15, 0.2) is 84.9 Å². The average Bonchev–Trinajstić information content (AvgIpc) is 3.04. The molecule has 236 valence electrons. The van der Waals surface area contributed by atoms with Gasteiger partial charge in [0, 0.05) is 18.2 Å². The molecule has 1 saturated carbocycles. The number of carbonyl (C=O) groups is 2. The van der Waals surface area contributed by atoms with E-state index in [9.17, 15) is 23.1 Å². The van der Waals surface area contributed by atoms with E-state index >= 15 is 0 Å². The lowest BCUT2D eigenvalue weighted by Gasteiger charge is -2.28.